The second kappa shape index (κ2) is 5.52. The number of methoxy groups -OCH3 is 1. The van der Waals surface area contributed by atoms with Crippen LogP contribution in [-0.4, -0.2) is 14.2 Å². The van der Waals surface area contributed by atoms with E-state index in [0.717, 1.165) is 18.0 Å². The quantitative estimate of drug-likeness (QED) is 0.826. The molecule has 0 saturated carbocycles. The minimum absolute atomic E-state index is 0.610. The van der Waals surface area contributed by atoms with Crippen LogP contribution in [-0.2, 0) is 6.54 Å². The number of hydrogen-bond donors (Lipinski definition) is 2. The Kier molecular flexibility index (Phi) is 3.80. The van der Waals surface area contributed by atoms with Crippen LogP contribution in [0.5, 0.6) is 5.75 Å². The fraction of sp³-hybridized carbons (Fsp3) is 0.200. The monoisotopic (exact) mass is 257 g/mol. The summed E-state index contributed by atoms with van der Waals surface area (Å²) in [5, 5.41) is 0. The molecule has 0 atom stereocenters. The van der Waals surface area contributed by atoms with Gasteiger partial charge >= 0.3 is 0 Å². The predicted molar refractivity (Wildman–Crippen MR) is 80.4 cm³/mol. The number of nitrogens with two attached hydrogens (primary N) is 2. The van der Waals surface area contributed by atoms with Crippen LogP contribution in [0.2, 0.25) is 0 Å². The second-order valence-corrected chi connectivity index (χ2v) is 4.52. The van der Waals surface area contributed by atoms with Gasteiger partial charge in [-0.3, -0.25) is 0 Å². The van der Waals surface area contributed by atoms with Gasteiger partial charge in [0.15, 0.2) is 0 Å². The van der Waals surface area contributed by atoms with E-state index in [-0.39, 0.29) is 0 Å². The maximum atomic E-state index is 5.82. The molecule has 2 aromatic rings. The lowest BCUT2D eigenvalue weighted by molar-refractivity contribution is 0.414. The molecule has 0 fully saturated rings. The van der Waals surface area contributed by atoms with Gasteiger partial charge in [0.05, 0.1) is 18.5 Å². The summed E-state index contributed by atoms with van der Waals surface area (Å²) >= 11 is 0. The van der Waals surface area contributed by atoms with Crippen LogP contribution < -0.4 is 21.1 Å². The lowest BCUT2D eigenvalue weighted by Gasteiger charge is -2.20. The summed E-state index contributed by atoms with van der Waals surface area (Å²) in [6.45, 7) is 0.799. The fourth-order valence-corrected chi connectivity index (χ4v) is 1.90. The summed E-state index contributed by atoms with van der Waals surface area (Å²) in [5.74, 6) is 0.864. The largest absolute Gasteiger partial charge is 0.497 e. The molecule has 2 rings (SSSR count). The summed E-state index contributed by atoms with van der Waals surface area (Å²) in [6, 6.07) is 13.7. The Labute approximate surface area is 113 Å². The van der Waals surface area contributed by atoms with Crippen molar-refractivity contribution in [3.63, 3.8) is 0 Å². The Balaban J connectivity index is 2.10. The summed E-state index contributed by atoms with van der Waals surface area (Å²) < 4.78 is 5.14. The van der Waals surface area contributed by atoms with Crippen molar-refractivity contribution in [2.24, 2.45) is 0 Å². The Morgan fingerprint density at radius 1 is 1.00 bits per heavy atom. The van der Waals surface area contributed by atoms with E-state index in [1.54, 1.807) is 7.11 Å². The van der Waals surface area contributed by atoms with Crippen LogP contribution >= 0.6 is 0 Å². The smallest absolute Gasteiger partial charge is 0.118 e. The maximum absolute atomic E-state index is 5.82. The van der Waals surface area contributed by atoms with E-state index in [2.05, 4.69) is 17.0 Å². The highest BCUT2D eigenvalue weighted by Gasteiger charge is 2.04. The molecule has 4 nitrogen and oxygen atoms in total. The van der Waals surface area contributed by atoms with Gasteiger partial charge in [-0.15, -0.1) is 0 Å². The number of nitrogens with zero attached hydrogens (tertiary/aromatic N) is 1. The first kappa shape index (κ1) is 13.1. The summed E-state index contributed by atoms with van der Waals surface area (Å²) in [5.41, 5.74) is 15.0. The molecular weight excluding hydrogens is 238 g/mol. The van der Waals surface area contributed by atoms with Gasteiger partial charge in [0, 0.05) is 19.3 Å². The van der Waals surface area contributed by atoms with Gasteiger partial charge < -0.3 is 21.1 Å². The highest BCUT2D eigenvalue weighted by molar-refractivity contribution is 5.69. The minimum Gasteiger partial charge on any atom is -0.497 e. The predicted octanol–water partition coefficient (Wildman–Crippen LogP) is 2.50. The van der Waals surface area contributed by atoms with Crippen molar-refractivity contribution < 1.29 is 4.74 Å². The molecule has 4 N–H and O–H groups in total. The molecule has 19 heavy (non-hydrogen) atoms. The van der Waals surface area contributed by atoms with Crippen molar-refractivity contribution in [2.45, 2.75) is 6.54 Å². The molecule has 0 spiro atoms. The van der Waals surface area contributed by atoms with Crippen molar-refractivity contribution >= 4 is 17.1 Å². The van der Waals surface area contributed by atoms with E-state index in [9.17, 15) is 0 Å². The van der Waals surface area contributed by atoms with Gasteiger partial charge in [-0.2, -0.15) is 0 Å². The molecule has 0 heterocycles. The standard InChI is InChI=1S/C15H19N3O/c1-18(12-5-8-14(16)15(17)9-12)10-11-3-6-13(19-2)7-4-11/h3-9H,10,16-17H2,1-2H3. The van der Waals surface area contributed by atoms with E-state index in [4.69, 9.17) is 16.2 Å². The van der Waals surface area contributed by atoms with Crippen LogP contribution in [0, 0.1) is 0 Å². The van der Waals surface area contributed by atoms with Crippen LogP contribution in [0.25, 0.3) is 0 Å². The third-order valence-electron chi connectivity index (χ3n) is 3.09. The molecule has 0 amide bonds. The average molecular weight is 257 g/mol. The van der Waals surface area contributed by atoms with Gasteiger partial charge in [-0.05, 0) is 35.9 Å². The number of anilines is 3. The molecule has 2 aromatic carbocycles. The average Bonchev–Trinajstić information content (AvgIpc) is 2.42. The van der Waals surface area contributed by atoms with E-state index in [1.165, 1.54) is 5.56 Å². The van der Waals surface area contributed by atoms with E-state index in [1.807, 2.05) is 37.4 Å². The molecule has 0 bridgehead atoms. The van der Waals surface area contributed by atoms with E-state index >= 15 is 0 Å². The van der Waals surface area contributed by atoms with E-state index in [0.29, 0.717) is 11.4 Å². The molecule has 0 unspecified atom stereocenters. The highest BCUT2D eigenvalue weighted by Crippen LogP contribution is 2.23. The molecular formula is C15H19N3O. The minimum atomic E-state index is 0.610. The molecule has 0 saturated heterocycles. The zero-order valence-corrected chi connectivity index (χ0v) is 11.3. The van der Waals surface area contributed by atoms with E-state index < -0.39 is 0 Å². The molecule has 4 heteroatoms. The molecule has 0 aromatic heterocycles. The van der Waals surface area contributed by atoms with Gasteiger partial charge in [0.2, 0.25) is 0 Å². The third kappa shape index (κ3) is 3.10. The zero-order chi connectivity index (χ0) is 13.8. The van der Waals surface area contributed by atoms with Gasteiger partial charge in [-0.1, -0.05) is 12.1 Å². The Morgan fingerprint density at radius 3 is 2.26 bits per heavy atom. The van der Waals surface area contributed by atoms with Crippen LogP contribution in [0.3, 0.4) is 0 Å². The molecule has 100 valence electrons. The first-order chi connectivity index (χ1) is 9.10. The van der Waals surface area contributed by atoms with Crippen LogP contribution in [0.4, 0.5) is 17.1 Å². The lowest BCUT2D eigenvalue weighted by atomic mass is 10.2. The number of rotatable bonds is 4. The van der Waals surface area contributed by atoms with Crippen molar-refractivity contribution in [1.82, 2.24) is 0 Å². The Morgan fingerprint density at radius 2 is 1.68 bits per heavy atom. The first-order valence-electron chi connectivity index (χ1n) is 6.09. The molecule has 0 aliphatic rings. The molecule has 0 aliphatic carbocycles. The van der Waals surface area contributed by atoms with Crippen molar-refractivity contribution in [1.29, 1.82) is 0 Å². The Hall–Kier alpha value is -2.36. The van der Waals surface area contributed by atoms with Crippen molar-refractivity contribution in [3.05, 3.63) is 48.0 Å². The molecule has 0 aliphatic heterocycles. The maximum Gasteiger partial charge on any atom is 0.118 e. The number of benzene rings is 2. The van der Waals surface area contributed by atoms with Gasteiger partial charge in [-0.25, -0.2) is 0 Å². The third-order valence-corrected chi connectivity index (χ3v) is 3.09. The number of hydrogen-bond acceptors (Lipinski definition) is 4. The lowest BCUT2D eigenvalue weighted by Crippen LogP contribution is -2.16. The Bertz CT molecular complexity index is 552. The van der Waals surface area contributed by atoms with Crippen LogP contribution in [0.15, 0.2) is 42.5 Å². The fourth-order valence-electron chi connectivity index (χ4n) is 1.90. The topological polar surface area (TPSA) is 64.5 Å². The normalized spacial score (nSPS) is 10.2. The second-order valence-electron chi connectivity index (χ2n) is 4.52. The van der Waals surface area contributed by atoms with Crippen molar-refractivity contribution in [2.75, 3.05) is 30.5 Å². The summed E-state index contributed by atoms with van der Waals surface area (Å²) in [7, 11) is 3.69. The zero-order valence-electron chi connectivity index (χ0n) is 11.3. The van der Waals surface area contributed by atoms with Gasteiger partial charge in [0.25, 0.3) is 0 Å². The van der Waals surface area contributed by atoms with Gasteiger partial charge in [0.1, 0.15) is 5.75 Å². The summed E-state index contributed by atoms with van der Waals surface area (Å²) in [4.78, 5) is 2.12. The first-order valence-corrected chi connectivity index (χ1v) is 6.09. The summed E-state index contributed by atoms with van der Waals surface area (Å²) in [6.07, 6.45) is 0. The van der Waals surface area contributed by atoms with Crippen LogP contribution in [0.1, 0.15) is 5.56 Å². The SMILES string of the molecule is COc1ccc(CN(C)c2ccc(N)c(N)c2)cc1. The number of ether oxygens (including phenoxy) is 1. The number of nitrogen functional groups attached to an aromatic ring is 2. The molecule has 0 radical (unpaired) electrons. The van der Waals surface area contributed by atoms with Crippen molar-refractivity contribution in [3.8, 4) is 5.75 Å². The highest BCUT2D eigenvalue weighted by atomic mass is 16.5.